The van der Waals surface area contributed by atoms with E-state index >= 15 is 0 Å². The van der Waals surface area contributed by atoms with Gasteiger partial charge in [-0.3, -0.25) is 4.79 Å². The number of aryl methyl sites for hydroxylation is 1. The molecule has 2 aliphatic rings. The Balaban J connectivity index is 1.53. The van der Waals surface area contributed by atoms with Gasteiger partial charge in [-0.15, -0.1) is 0 Å². The minimum atomic E-state index is -0.538. The van der Waals surface area contributed by atoms with Gasteiger partial charge in [0.15, 0.2) is 0 Å². The zero-order chi connectivity index (χ0) is 15.5. The van der Waals surface area contributed by atoms with Crippen molar-refractivity contribution in [2.45, 2.75) is 44.0 Å². The maximum atomic E-state index is 11.3. The zero-order valence-corrected chi connectivity index (χ0v) is 12.5. The van der Waals surface area contributed by atoms with Crippen molar-refractivity contribution in [2.24, 2.45) is 11.8 Å². The fourth-order valence-corrected chi connectivity index (χ4v) is 3.50. The first-order valence-corrected chi connectivity index (χ1v) is 7.91. The average molecular weight is 302 g/mol. The van der Waals surface area contributed by atoms with E-state index in [1.165, 1.54) is 5.56 Å². The van der Waals surface area contributed by atoms with E-state index in [2.05, 4.69) is 0 Å². The molecule has 0 radical (unpaired) electrons. The molecule has 3 rings (SSSR count). The molecule has 118 valence electrons. The predicted octanol–water partition coefficient (Wildman–Crippen LogP) is 1.85. The van der Waals surface area contributed by atoms with Gasteiger partial charge >= 0.3 is 5.97 Å². The number of aliphatic hydroxyl groups excluding tert-OH is 2. The first-order valence-electron chi connectivity index (χ1n) is 7.91. The molecule has 1 heterocycles. The molecule has 1 aliphatic heterocycles. The number of rotatable bonds is 5. The molecular formula is C18H22O4. The van der Waals surface area contributed by atoms with Crippen LogP contribution < -0.4 is 0 Å². The maximum Gasteiger partial charge on any atom is 0.306 e. The van der Waals surface area contributed by atoms with Crippen LogP contribution in [0.4, 0.5) is 0 Å². The molecule has 5 atom stereocenters. The molecular weight excluding hydrogens is 280 g/mol. The van der Waals surface area contributed by atoms with Crippen molar-refractivity contribution in [1.29, 1.82) is 0 Å². The molecule has 1 unspecified atom stereocenters. The van der Waals surface area contributed by atoms with Crippen LogP contribution in [0.1, 0.15) is 24.8 Å². The number of hydrogen-bond acceptors (Lipinski definition) is 4. The SMILES string of the molecule is O=C1C[C@@H]2[C@@H](/C=C/C(O)CCc3ccccc3)[C@H](O)C[C@@H]2O1. The Kier molecular flexibility index (Phi) is 4.60. The molecule has 0 amide bonds. The second-order valence-electron chi connectivity index (χ2n) is 6.25. The lowest BCUT2D eigenvalue weighted by Crippen LogP contribution is -2.18. The first-order chi connectivity index (χ1) is 10.6. The fourth-order valence-electron chi connectivity index (χ4n) is 3.50. The molecule has 1 saturated carbocycles. The summed E-state index contributed by atoms with van der Waals surface area (Å²) in [7, 11) is 0. The van der Waals surface area contributed by atoms with Gasteiger partial charge < -0.3 is 14.9 Å². The smallest absolute Gasteiger partial charge is 0.306 e. The minimum absolute atomic E-state index is 0.0556. The summed E-state index contributed by atoms with van der Waals surface area (Å²) in [4.78, 5) is 11.3. The Bertz CT molecular complexity index is 539. The Morgan fingerprint density at radius 1 is 1.32 bits per heavy atom. The van der Waals surface area contributed by atoms with Crippen LogP contribution in [0.5, 0.6) is 0 Å². The van der Waals surface area contributed by atoms with Gasteiger partial charge in [0.25, 0.3) is 0 Å². The van der Waals surface area contributed by atoms with E-state index in [1.54, 1.807) is 6.08 Å². The van der Waals surface area contributed by atoms with Gasteiger partial charge in [0.1, 0.15) is 6.10 Å². The molecule has 2 N–H and O–H groups in total. The second-order valence-corrected chi connectivity index (χ2v) is 6.25. The van der Waals surface area contributed by atoms with E-state index in [1.807, 2.05) is 36.4 Å². The summed E-state index contributed by atoms with van der Waals surface area (Å²) in [6, 6.07) is 10.0. The minimum Gasteiger partial charge on any atom is -0.462 e. The van der Waals surface area contributed by atoms with E-state index in [-0.39, 0.29) is 23.9 Å². The number of ether oxygens (including phenoxy) is 1. The van der Waals surface area contributed by atoms with E-state index in [0.717, 1.165) is 6.42 Å². The number of carbonyl (C=O) groups is 1. The number of benzene rings is 1. The number of hydrogen-bond donors (Lipinski definition) is 2. The van der Waals surface area contributed by atoms with E-state index in [4.69, 9.17) is 4.74 Å². The lowest BCUT2D eigenvalue weighted by atomic mass is 9.91. The van der Waals surface area contributed by atoms with Crippen LogP contribution in [-0.2, 0) is 16.0 Å². The van der Waals surface area contributed by atoms with Crippen LogP contribution in [0.25, 0.3) is 0 Å². The highest BCUT2D eigenvalue weighted by Crippen LogP contribution is 2.42. The van der Waals surface area contributed by atoms with Crippen molar-refractivity contribution < 1.29 is 19.7 Å². The maximum absolute atomic E-state index is 11.3. The summed E-state index contributed by atoms with van der Waals surface area (Å²) in [6.07, 6.45) is 4.78. The van der Waals surface area contributed by atoms with Gasteiger partial charge in [-0.1, -0.05) is 42.5 Å². The average Bonchev–Trinajstić information content (AvgIpc) is 2.99. The molecule has 4 nitrogen and oxygen atoms in total. The van der Waals surface area contributed by atoms with Crippen molar-refractivity contribution in [3.63, 3.8) is 0 Å². The number of carbonyl (C=O) groups excluding carboxylic acids is 1. The normalized spacial score (nSPS) is 32.2. The first kappa shape index (κ1) is 15.3. The third-order valence-corrected chi connectivity index (χ3v) is 4.70. The summed E-state index contributed by atoms with van der Waals surface area (Å²) in [5, 5.41) is 20.2. The molecule has 22 heavy (non-hydrogen) atoms. The van der Waals surface area contributed by atoms with Crippen molar-refractivity contribution in [3.05, 3.63) is 48.0 Å². The van der Waals surface area contributed by atoms with Crippen LogP contribution in [-0.4, -0.2) is 34.5 Å². The predicted molar refractivity (Wildman–Crippen MR) is 82.0 cm³/mol. The highest BCUT2D eigenvalue weighted by Gasteiger charge is 2.48. The molecule has 1 aromatic carbocycles. The van der Waals surface area contributed by atoms with Crippen LogP contribution >= 0.6 is 0 Å². The highest BCUT2D eigenvalue weighted by molar-refractivity contribution is 5.72. The van der Waals surface area contributed by atoms with Gasteiger partial charge in [0, 0.05) is 18.3 Å². The molecule has 1 aromatic rings. The fraction of sp³-hybridized carbons (Fsp3) is 0.500. The Morgan fingerprint density at radius 3 is 2.86 bits per heavy atom. The molecule has 4 heteroatoms. The lowest BCUT2D eigenvalue weighted by Gasteiger charge is -2.15. The molecule has 0 spiro atoms. The van der Waals surface area contributed by atoms with E-state index in [0.29, 0.717) is 19.3 Å². The highest BCUT2D eigenvalue weighted by atomic mass is 16.6. The monoisotopic (exact) mass is 302 g/mol. The quantitative estimate of drug-likeness (QED) is 0.643. The van der Waals surface area contributed by atoms with Crippen molar-refractivity contribution in [2.75, 3.05) is 0 Å². The van der Waals surface area contributed by atoms with Crippen LogP contribution in [0.15, 0.2) is 42.5 Å². The molecule has 0 bridgehead atoms. The third-order valence-electron chi connectivity index (χ3n) is 4.70. The second kappa shape index (κ2) is 6.63. The largest absolute Gasteiger partial charge is 0.462 e. The zero-order valence-electron chi connectivity index (χ0n) is 12.5. The molecule has 1 aliphatic carbocycles. The van der Waals surface area contributed by atoms with Gasteiger partial charge in [-0.25, -0.2) is 0 Å². The number of fused-ring (bicyclic) bond motifs is 1. The van der Waals surface area contributed by atoms with Crippen molar-refractivity contribution in [1.82, 2.24) is 0 Å². The van der Waals surface area contributed by atoms with Crippen molar-refractivity contribution in [3.8, 4) is 0 Å². The van der Waals surface area contributed by atoms with Gasteiger partial charge in [-0.2, -0.15) is 0 Å². The Morgan fingerprint density at radius 2 is 2.09 bits per heavy atom. The van der Waals surface area contributed by atoms with Crippen LogP contribution in [0.2, 0.25) is 0 Å². The molecule has 2 fully saturated rings. The molecule has 0 aromatic heterocycles. The Hall–Kier alpha value is -1.65. The van der Waals surface area contributed by atoms with E-state index in [9.17, 15) is 15.0 Å². The third kappa shape index (κ3) is 3.39. The summed E-state index contributed by atoms with van der Waals surface area (Å²) in [6.45, 7) is 0. The molecule has 1 saturated heterocycles. The van der Waals surface area contributed by atoms with E-state index < -0.39 is 12.2 Å². The summed E-state index contributed by atoms with van der Waals surface area (Å²) >= 11 is 0. The topological polar surface area (TPSA) is 66.8 Å². The Labute approximate surface area is 130 Å². The number of esters is 1. The lowest BCUT2D eigenvalue weighted by molar-refractivity contribution is -0.141. The summed E-state index contributed by atoms with van der Waals surface area (Å²) in [5.41, 5.74) is 1.20. The van der Waals surface area contributed by atoms with Gasteiger partial charge in [-0.05, 0) is 18.4 Å². The van der Waals surface area contributed by atoms with Gasteiger partial charge in [0.2, 0.25) is 0 Å². The summed E-state index contributed by atoms with van der Waals surface area (Å²) < 4.78 is 5.20. The summed E-state index contributed by atoms with van der Waals surface area (Å²) in [5.74, 6) is -0.215. The van der Waals surface area contributed by atoms with Crippen molar-refractivity contribution >= 4 is 5.97 Å². The van der Waals surface area contributed by atoms with Crippen LogP contribution in [0.3, 0.4) is 0 Å². The van der Waals surface area contributed by atoms with Crippen LogP contribution in [0, 0.1) is 11.8 Å². The standard InChI is InChI=1S/C18H22O4/c19-13(7-6-12-4-2-1-3-5-12)8-9-14-15-10-18(21)22-17(15)11-16(14)20/h1-5,8-9,13-17,19-20H,6-7,10-11H2/b9-8+/t13?,14-,15-,16-,17+/m1/s1. The number of aliphatic hydroxyl groups is 2. The van der Waals surface area contributed by atoms with Gasteiger partial charge in [0.05, 0.1) is 18.6 Å².